The average molecular weight is 345 g/mol. The van der Waals surface area contributed by atoms with Gasteiger partial charge in [-0.15, -0.1) is 0 Å². The molecule has 0 aromatic carbocycles. The highest BCUT2D eigenvalue weighted by Crippen LogP contribution is 2.38. The number of pyridine rings is 1. The van der Waals surface area contributed by atoms with Gasteiger partial charge in [-0.05, 0) is 44.2 Å². The summed E-state index contributed by atoms with van der Waals surface area (Å²) < 4.78 is 10.4. The van der Waals surface area contributed by atoms with Crippen molar-refractivity contribution in [1.82, 2.24) is 15.5 Å². The van der Waals surface area contributed by atoms with Crippen molar-refractivity contribution in [3.8, 4) is 5.75 Å². The molecule has 0 aliphatic heterocycles. The topological polar surface area (TPSA) is 97.5 Å². The molecule has 25 heavy (non-hydrogen) atoms. The van der Waals surface area contributed by atoms with Crippen molar-refractivity contribution in [3.05, 3.63) is 41.0 Å². The minimum absolute atomic E-state index is 0.108. The fourth-order valence-corrected chi connectivity index (χ4v) is 3.23. The van der Waals surface area contributed by atoms with Gasteiger partial charge in [0.2, 0.25) is 5.91 Å². The van der Waals surface area contributed by atoms with Gasteiger partial charge in [-0.3, -0.25) is 9.78 Å². The van der Waals surface area contributed by atoms with Gasteiger partial charge in [0.05, 0.1) is 37.6 Å². The predicted octanol–water partition coefficient (Wildman–Crippen LogP) is 1.87. The summed E-state index contributed by atoms with van der Waals surface area (Å²) in [5.74, 6) is 1.37. The van der Waals surface area contributed by atoms with Crippen molar-refractivity contribution in [3.63, 3.8) is 0 Å². The highest BCUT2D eigenvalue weighted by atomic mass is 16.5. The third-order valence-corrected chi connectivity index (χ3v) is 4.79. The minimum atomic E-state index is -0.300. The molecule has 1 amide bonds. The summed E-state index contributed by atoms with van der Waals surface area (Å²) in [4.78, 5) is 16.8. The number of hydrogen-bond donors (Lipinski definition) is 2. The molecule has 0 spiro atoms. The first-order valence-corrected chi connectivity index (χ1v) is 8.36. The van der Waals surface area contributed by atoms with E-state index >= 15 is 0 Å². The van der Waals surface area contributed by atoms with Crippen LogP contribution in [-0.2, 0) is 11.2 Å². The summed E-state index contributed by atoms with van der Waals surface area (Å²) in [6, 6.07) is 1.66. The van der Waals surface area contributed by atoms with E-state index in [1.165, 1.54) is 0 Å². The van der Waals surface area contributed by atoms with Crippen molar-refractivity contribution < 1.29 is 19.2 Å². The zero-order chi connectivity index (χ0) is 18.0. The molecule has 1 atom stereocenters. The van der Waals surface area contributed by atoms with E-state index in [0.717, 1.165) is 16.8 Å². The van der Waals surface area contributed by atoms with Crippen LogP contribution >= 0.6 is 0 Å². The number of aryl methyl sites for hydroxylation is 2. The molecule has 0 saturated heterocycles. The Morgan fingerprint density at radius 1 is 1.44 bits per heavy atom. The number of carbonyl (C=O) groups is 1. The van der Waals surface area contributed by atoms with Crippen LogP contribution in [0.2, 0.25) is 0 Å². The summed E-state index contributed by atoms with van der Waals surface area (Å²) in [5, 5.41) is 16.6. The molecule has 2 N–H and O–H groups in total. The van der Waals surface area contributed by atoms with E-state index in [-0.39, 0.29) is 30.4 Å². The molecule has 7 heteroatoms. The van der Waals surface area contributed by atoms with Gasteiger partial charge >= 0.3 is 0 Å². The minimum Gasteiger partial charge on any atom is -0.495 e. The van der Waals surface area contributed by atoms with Crippen LogP contribution < -0.4 is 10.1 Å². The molecule has 7 nitrogen and oxygen atoms in total. The average Bonchev–Trinajstić information content (AvgIpc) is 2.89. The zero-order valence-electron chi connectivity index (χ0n) is 14.7. The van der Waals surface area contributed by atoms with Crippen LogP contribution in [0.4, 0.5) is 0 Å². The molecule has 134 valence electrons. The number of ether oxygens (including phenoxy) is 1. The summed E-state index contributed by atoms with van der Waals surface area (Å²) in [6.45, 7) is 3.62. The SMILES string of the molecule is COc1cncc([C@H](NC(=O)Cc2c(C)noc2C)C2CC(O)C2)c1. The molecule has 2 aromatic heterocycles. The van der Waals surface area contributed by atoms with E-state index in [1.807, 2.05) is 13.0 Å². The largest absolute Gasteiger partial charge is 0.495 e. The number of aliphatic hydroxyl groups is 1. The first kappa shape index (κ1) is 17.4. The predicted molar refractivity (Wildman–Crippen MR) is 90.1 cm³/mol. The zero-order valence-corrected chi connectivity index (χ0v) is 14.7. The van der Waals surface area contributed by atoms with Gasteiger partial charge in [0, 0.05) is 11.8 Å². The number of nitrogens with zero attached hydrogens (tertiary/aromatic N) is 2. The third-order valence-electron chi connectivity index (χ3n) is 4.79. The van der Waals surface area contributed by atoms with Gasteiger partial charge < -0.3 is 19.7 Å². The van der Waals surface area contributed by atoms with Crippen LogP contribution in [-0.4, -0.2) is 34.4 Å². The molecule has 0 radical (unpaired) electrons. The molecule has 3 rings (SSSR count). The number of rotatable bonds is 6. The van der Waals surface area contributed by atoms with E-state index in [2.05, 4.69) is 15.5 Å². The molecule has 1 aliphatic rings. The lowest BCUT2D eigenvalue weighted by molar-refractivity contribution is -0.122. The van der Waals surface area contributed by atoms with Crippen LogP contribution in [0.1, 0.15) is 41.5 Å². The number of amides is 1. The maximum Gasteiger partial charge on any atom is 0.225 e. The Kier molecular flexibility index (Phi) is 5.03. The van der Waals surface area contributed by atoms with Gasteiger partial charge in [-0.25, -0.2) is 0 Å². The highest BCUT2D eigenvalue weighted by molar-refractivity contribution is 5.79. The van der Waals surface area contributed by atoms with Crippen molar-refractivity contribution in [2.75, 3.05) is 7.11 Å². The quantitative estimate of drug-likeness (QED) is 0.829. The lowest BCUT2D eigenvalue weighted by atomic mass is 9.75. The molecule has 1 aliphatic carbocycles. The molecule has 2 heterocycles. The monoisotopic (exact) mass is 345 g/mol. The lowest BCUT2D eigenvalue weighted by Gasteiger charge is -2.38. The van der Waals surface area contributed by atoms with Crippen LogP contribution in [0.15, 0.2) is 23.0 Å². The first-order valence-electron chi connectivity index (χ1n) is 8.36. The van der Waals surface area contributed by atoms with E-state index in [4.69, 9.17) is 9.26 Å². The summed E-state index contributed by atoms with van der Waals surface area (Å²) in [7, 11) is 1.58. The van der Waals surface area contributed by atoms with Crippen molar-refractivity contribution >= 4 is 5.91 Å². The summed E-state index contributed by atoms with van der Waals surface area (Å²) >= 11 is 0. The second kappa shape index (κ2) is 7.23. The Labute approximate surface area is 146 Å². The normalized spacial score (nSPS) is 20.6. The van der Waals surface area contributed by atoms with Gasteiger partial charge in [0.1, 0.15) is 11.5 Å². The Hall–Kier alpha value is -2.41. The molecular formula is C18H23N3O4. The Morgan fingerprint density at radius 2 is 2.20 bits per heavy atom. The van der Waals surface area contributed by atoms with Crippen LogP contribution in [0, 0.1) is 19.8 Å². The maximum absolute atomic E-state index is 12.6. The van der Waals surface area contributed by atoms with Crippen molar-refractivity contribution in [1.29, 1.82) is 0 Å². The Morgan fingerprint density at radius 3 is 2.80 bits per heavy atom. The van der Waals surface area contributed by atoms with Gasteiger partial charge in [0.25, 0.3) is 0 Å². The number of aromatic nitrogens is 2. The summed E-state index contributed by atoms with van der Waals surface area (Å²) in [6.07, 6.45) is 4.59. The van der Waals surface area contributed by atoms with E-state index in [9.17, 15) is 9.90 Å². The second-order valence-electron chi connectivity index (χ2n) is 6.57. The van der Waals surface area contributed by atoms with Gasteiger partial charge in [-0.2, -0.15) is 0 Å². The lowest BCUT2D eigenvalue weighted by Crippen LogP contribution is -2.42. The number of methoxy groups -OCH3 is 1. The van der Waals surface area contributed by atoms with E-state index in [1.54, 1.807) is 26.4 Å². The fraction of sp³-hybridized carbons (Fsp3) is 0.500. The van der Waals surface area contributed by atoms with Crippen molar-refractivity contribution in [2.45, 2.75) is 45.3 Å². The summed E-state index contributed by atoms with van der Waals surface area (Å²) in [5.41, 5.74) is 2.42. The highest BCUT2D eigenvalue weighted by Gasteiger charge is 2.36. The smallest absolute Gasteiger partial charge is 0.225 e. The Bertz CT molecular complexity index is 733. The van der Waals surface area contributed by atoms with E-state index in [0.29, 0.717) is 24.4 Å². The van der Waals surface area contributed by atoms with Crippen LogP contribution in [0.25, 0.3) is 0 Å². The Balaban J connectivity index is 1.76. The second-order valence-corrected chi connectivity index (χ2v) is 6.57. The molecule has 0 unspecified atom stereocenters. The first-order chi connectivity index (χ1) is 12.0. The standard InChI is InChI=1S/C18H23N3O4/c1-10-16(11(2)25-21-10)7-17(23)20-18(12-4-14(22)5-12)13-6-15(24-3)9-19-8-13/h6,8-9,12,14,18,22H,4-5,7H2,1-3H3,(H,20,23)/t12?,14?,18-/m1/s1. The van der Waals surface area contributed by atoms with Gasteiger partial charge in [0.15, 0.2) is 0 Å². The fourth-order valence-electron chi connectivity index (χ4n) is 3.23. The maximum atomic E-state index is 12.6. The number of carbonyl (C=O) groups excluding carboxylic acids is 1. The third kappa shape index (κ3) is 3.82. The molecule has 0 bridgehead atoms. The number of aliphatic hydroxyl groups excluding tert-OH is 1. The van der Waals surface area contributed by atoms with E-state index < -0.39 is 0 Å². The van der Waals surface area contributed by atoms with Crippen molar-refractivity contribution in [2.24, 2.45) is 5.92 Å². The van der Waals surface area contributed by atoms with Gasteiger partial charge in [-0.1, -0.05) is 5.16 Å². The number of hydrogen-bond acceptors (Lipinski definition) is 6. The molecule has 1 saturated carbocycles. The number of nitrogens with one attached hydrogen (secondary N) is 1. The van der Waals surface area contributed by atoms with Crippen LogP contribution in [0.3, 0.4) is 0 Å². The molecule has 1 fully saturated rings. The molecular weight excluding hydrogens is 322 g/mol. The molecule has 2 aromatic rings. The van der Waals surface area contributed by atoms with Crippen LogP contribution in [0.5, 0.6) is 5.75 Å².